The highest BCUT2D eigenvalue weighted by Gasteiger charge is 2.17. The summed E-state index contributed by atoms with van der Waals surface area (Å²) in [5, 5.41) is 3.48. The summed E-state index contributed by atoms with van der Waals surface area (Å²) < 4.78 is 0. The van der Waals surface area contributed by atoms with Gasteiger partial charge in [0.1, 0.15) is 5.82 Å². The van der Waals surface area contributed by atoms with Crippen LogP contribution < -0.4 is 15.1 Å². The standard InChI is InChI=1S/C24H29N5/c1-3-28(4-2)21-14-12-20(13-15-21)25-23-18-22(19-10-6-5-7-11-19)26-24(27-23)29-16-8-9-17-29/h5-7,10-15,18H,3-4,8-9,16-17H2,1-2H3,(H,25,26,27). The van der Waals surface area contributed by atoms with Gasteiger partial charge >= 0.3 is 0 Å². The van der Waals surface area contributed by atoms with Gasteiger partial charge in [-0.05, 0) is 51.0 Å². The minimum absolute atomic E-state index is 0.811. The molecule has 5 nitrogen and oxygen atoms in total. The first-order valence-corrected chi connectivity index (χ1v) is 10.6. The van der Waals surface area contributed by atoms with Gasteiger partial charge in [-0.1, -0.05) is 30.3 Å². The van der Waals surface area contributed by atoms with Crippen LogP contribution in [-0.4, -0.2) is 36.1 Å². The summed E-state index contributed by atoms with van der Waals surface area (Å²) >= 11 is 0. The molecular formula is C24H29N5. The highest BCUT2D eigenvalue weighted by Crippen LogP contribution is 2.27. The number of anilines is 4. The number of aromatic nitrogens is 2. The monoisotopic (exact) mass is 387 g/mol. The van der Waals surface area contributed by atoms with Crippen LogP contribution in [0, 0.1) is 0 Å². The number of nitrogens with zero attached hydrogens (tertiary/aromatic N) is 4. The van der Waals surface area contributed by atoms with E-state index in [2.05, 4.69) is 65.4 Å². The molecule has 0 atom stereocenters. The van der Waals surface area contributed by atoms with E-state index in [1.54, 1.807) is 0 Å². The lowest BCUT2D eigenvalue weighted by Crippen LogP contribution is -2.21. The van der Waals surface area contributed by atoms with E-state index < -0.39 is 0 Å². The molecule has 1 fully saturated rings. The first kappa shape index (κ1) is 19.2. The van der Waals surface area contributed by atoms with E-state index in [9.17, 15) is 0 Å². The molecule has 0 spiro atoms. The Hall–Kier alpha value is -3.08. The summed E-state index contributed by atoms with van der Waals surface area (Å²) in [7, 11) is 0. The van der Waals surface area contributed by atoms with Crippen LogP contribution in [0.25, 0.3) is 11.3 Å². The topological polar surface area (TPSA) is 44.3 Å². The summed E-state index contributed by atoms with van der Waals surface area (Å²) in [6.07, 6.45) is 2.41. The summed E-state index contributed by atoms with van der Waals surface area (Å²) in [6.45, 7) is 8.43. The molecule has 2 aromatic carbocycles. The molecule has 2 heterocycles. The number of rotatable bonds is 7. The van der Waals surface area contributed by atoms with E-state index in [4.69, 9.17) is 9.97 Å². The highest BCUT2D eigenvalue weighted by atomic mass is 15.3. The second kappa shape index (κ2) is 8.95. The van der Waals surface area contributed by atoms with E-state index >= 15 is 0 Å². The number of hydrogen-bond acceptors (Lipinski definition) is 5. The molecule has 1 aliphatic heterocycles. The zero-order valence-electron chi connectivity index (χ0n) is 17.3. The van der Waals surface area contributed by atoms with Crippen molar-refractivity contribution in [3.05, 3.63) is 60.7 Å². The summed E-state index contributed by atoms with van der Waals surface area (Å²) in [5.41, 5.74) is 4.33. The molecule has 0 aliphatic carbocycles. The van der Waals surface area contributed by atoms with Crippen molar-refractivity contribution in [1.82, 2.24) is 9.97 Å². The van der Waals surface area contributed by atoms with Gasteiger partial charge in [-0.3, -0.25) is 0 Å². The van der Waals surface area contributed by atoms with Crippen LogP contribution in [0.5, 0.6) is 0 Å². The Balaban J connectivity index is 1.63. The summed E-state index contributed by atoms with van der Waals surface area (Å²) in [6, 6.07) is 20.9. The summed E-state index contributed by atoms with van der Waals surface area (Å²) in [5.74, 6) is 1.64. The third-order valence-corrected chi connectivity index (χ3v) is 5.44. The van der Waals surface area contributed by atoms with Crippen molar-refractivity contribution in [1.29, 1.82) is 0 Å². The molecule has 0 bridgehead atoms. The fourth-order valence-corrected chi connectivity index (χ4v) is 3.81. The second-order valence-electron chi connectivity index (χ2n) is 7.34. The average Bonchev–Trinajstić information content (AvgIpc) is 3.31. The van der Waals surface area contributed by atoms with Crippen molar-refractivity contribution >= 4 is 23.1 Å². The van der Waals surface area contributed by atoms with Crippen molar-refractivity contribution < 1.29 is 0 Å². The lowest BCUT2D eigenvalue weighted by atomic mass is 10.1. The number of nitrogens with one attached hydrogen (secondary N) is 1. The van der Waals surface area contributed by atoms with Gasteiger partial charge in [0.2, 0.25) is 5.95 Å². The Morgan fingerprint density at radius 1 is 0.897 bits per heavy atom. The van der Waals surface area contributed by atoms with Gasteiger partial charge in [0.05, 0.1) is 5.69 Å². The maximum Gasteiger partial charge on any atom is 0.227 e. The lowest BCUT2D eigenvalue weighted by Gasteiger charge is -2.21. The predicted molar refractivity (Wildman–Crippen MR) is 122 cm³/mol. The normalized spacial score (nSPS) is 13.5. The lowest BCUT2D eigenvalue weighted by molar-refractivity contribution is 0.866. The molecule has 4 rings (SSSR count). The van der Waals surface area contributed by atoms with Gasteiger partial charge in [0.15, 0.2) is 0 Å². The maximum absolute atomic E-state index is 4.85. The third kappa shape index (κ3) is 4.50. The van der Waals surface area contributed by atoms with Gasteiger partial charge < -0.3 is 15.1 Å². The van der Waals surface area contributed by atoms with Gasteiger partial charge in [0.25, 0.3) is 0 Å². The molecule has 5 heteroatoms. The zero-order valence-corrected chi connectivity index (χ0v) is 17.3. The molecule has 1 aromatic heterocycles. The molecule has 1 saturated heterocycles. The van der Waals surface area contributed by atoms with E-state index in [0.29, 0.717) is 0 Å². The molecule has 29 heavy (non-hydrogen) atoms. The van der Waals surface area contributed by atoms with Crippen molar-refractivity contribution in [2.75, 3.05) is 41.3 Å². The molecule has 1 N–H and O–H groups in total. The van der Waals surface area contributed by atoms with Crippen LogP contribution in [0.15, 0.2) is 60.7 Å². The van der Waals surface area contributed by atoms with Crippen molar-refractivity contribution in [3.8, 4) is 11.3 Å². The van der Waals surface area contributed by atoms with Gasteiger partial charge in [0, 0.05) is 49.2 Å². The van der Waals surface area contributed by atoms with E-state index in [-0.39, 0.29) is 0 Å². The minimum Gasteiger partial charge on any atom is -0.372 e. The quantitative estimate of drug-likeness (QED) is 0.593. The van der Waals surface area contributed by atoms with Crippen molar-refractivity contribution in [2.24, 2.45) is 0 Å². The maximum atomic E-state index is 4.85. The van der Waals surface area contributed by atoms with Crippen LogP contribution in [-0.2, 0) is 0 Å². The molecule has 0 saturated carbocycles. The molecule has 150 valence electrons. The smallest absolute Gasteiger partial charge is 0.227 e. The first-order valence-electron chi connectivity index (χ1n) is 10.6. The number of benzene rings is 2. The minimum atomic E-state index is 0.811. The second-order valence-corrected chi connectivity index (χ2v) is 7.34. The van der Waals surface area contributed by atoms with Crippen LogP contribution in [0.2, 0.25) is 0 Å². The fraction of sp³-hybridized carbons (Fsp3) is 0.333. The molecule has 0 radical (unpaired) electrons. The zero-order chi connectivity index (χ0) is 20.1. The SMILES string of the molecule is CCN(CC)c1ccc(Nc2cc(-c3ccccc3)nc(N3CCCC3)n2)cc1. The fourth-order valence-electron chi connectivity index (χ4n) is 3.81. The first-order chi connectivity index (χ1) is 14.3. The molecule has 3 aromatic rings. The van der Waals surface area contributed by atoms with Gasteiger partial charge in [-0.25, -0.2) is 4.98 Å². The van der Waals surface area contributed by atoms with Gasteiger partial charge in [-0.15, -0.1) is 0 Å². The van der Waals surface area contributed by atoms with E-state index in [0.717, 1.165) is 54.9 Å². The Morgan fingerprint density at radius 3 is 2.24 bits per heavy atom. The Kier molecular flexibility index (Phi) is 5.94. The molecular weight excluding hydrogens is 358 g/mol. The van der Waals surface area contributed by atoms with Gasteiger partial charge in [-0.2, -0.15) is 4.98 Å². The van der Waals surface area contributed by atoms with Crippen molar-refractivity contribution in [3.63, 3.8) is 0 Å². The van der Waals surface area contributed by atoms with Crippen LogP contribution in [0.3, 0.4) is 0 Å². The van der Waals surface area contributed by atoms with E-state index in [1.165, 1.54) is 18.5 Å². The largest absolute Gasteiger partial charge is 0.372 e. The Labute approximate surface area is 173 Å². The van der Waals surface area contributed by atoms with E-state index in [1.807, 2.05) is 24.3 Å². The van der Waals surface area contributed by atoms with Crippen LogP contribution in [0.1, 0.15) is 26.7 Å². The molecule has 0 amide bonds. The number of hydrogen-bond donors (Lipinski definition) is 1. The third-order valence-electron chi connectivity index (χ3n) is 5.44. The average molecular weight is 388 g/mol. The molecule has 0 unspecified atom stereocenters. The van der Waals surface area contributed by atoms with Crippen molar-refractivity contribution in [2.45, 2.75) is 26.7 Å². The Morgan fingerprint density at radius 2 is 1.59 bits per heavy atom. The highest BCUT2D eigenvalue weighted by molar-refractivity contribution is 5.68. The molecule has 1 aliphatic rings. The van der Waals surface area contributed by atoms with Crippen LogP contribution >= 0.6 is 0 Å². The van der Waals surface area contributed by atoms with Crippen LogP contribution in [0.4, 0.5) is 23.1 Å². The summed E-state index contributed by atoms with van der Waals surface area (Å²) in [4.78, 5) is 14.3. The Bertz CT molecular complexity index is 914. The predicted octanol–water partition coefficient (Wildman–Crippen LogP) is 5.33.